The van der Waals surface area contributed by atoms with Crippen LogP contribution in [0.4, 0.5) is 4.79 Å². The van der Waals surface area contributed by atoms with Gasteiger partial charge in [-0.1, -0.05) is 6.92 Å². The Hall–Kier alpha value is -0.910. The SMILES string of the molecule is CCC(C)N(CC)C(=O)N1C(C)SCC1C(=O)O. The van der Waals surface area contributed by atoms with Gasteiger partial charge in [0.2, 0.25) is 0 Å². The van der Waals surface area contributed by atoms with Crippen LogP contribution >= 0.6 is 11.8 Å². The van der Waals surface area contributed by atoms with Crippen LogP contribution in [0.5, 0.6) is 0 Å². The van der Waals surface area contributed by atoms with Gasteiger partial charge < -0.3 is 10.0 Å². The van der Waals surface area contributed by atoms with E-state index in [-0.39, 0.29) is 17.4 Å². The molecule has 0 aromatic carbocycles. The fourth-order valence-electron chi connectivity index (χ4n) is 2.13. The molecule has 0 aliphatic carbocycles. The first-order valence-electron chi connectivity index (χ1n) is 6.37. The zero-order chi connectivity index (χ0) is 13.9. The van der Waals surface area contributed by atoms with Gasteiger partial charge in [-0.05, 0) is 27.2 Å². The van der Waals surface area contributed by atoms with Crippen LogP contribution in [-0.4, -0.2) is 56.7 Å². The first-order chi connectivity index (χ1) is 8.43. The Balaban J connectivity index is 2.88. The van der Waals surface area contributed by atoms with Gasteiger partial charge in [0.25, 0.3) is 0 Å². The standard InChI is InChI=1S/C12H22N2O3S/c1-5-8(3)13(6-2)12(17)14-9(4)18-7-10(14)11(15)16/h8-10H,5-7H2,1-4H3,(H,15,16). The van der Waals surface area contributed by atoms with Gasteiger partial charge in [0.15, 0.2) is 0 Å². The highest BCUT2D eigenvalue weighted by Crippen LogP contribution is 2.30. The lowest BCUT2D eigenvalue weighted by Crippen LogP contribution is -2.53. The van der Waals surface area contributed by atoms with Crippen molar-refractivity contribution < 1.29 is 14.7 Å². The molecule has 6 heteroatoms. The quantitative estimate of drug-likeness (QED) is 0.852. The van der Waals surface area contributed by atoms with Crippen molar-refractivity contribution in [2.24, 2.45) is 0 Å². The number of nitrogens with zero attached hydrogens (tertiary/aromatic N) is 2. The molecule has 1 heterocycles. The number of hydrogen-bond donors (Lipinski definition) is 1. The van der Waals surface area contributed by atoms with Gasteiger partial charge in [0.1, 0.15) is 6.04 Å². The third-order valence-electron chi connectivity index (χ3n) is 3.44. The molecule has 0 radical (unpaired) electrons. The lowest BCUT2D eigenvalue weighted by Gasteiger charge is -2.35. The second-order valence-corrected chi connectivity index (χ2v) is 5.87. The molecular formula is C12H22N2O3S. The van der Waals surface area contributed by atoms with Crippen molar-refractivity contribution in [2.45, 2.75) is 51.6 Å². The molecule has 1 aliphatic heterocycles. The lowest BCUT2D eigenvalue weighted by molar-refractivity contribution is -0.141. The van der Waals surface area contributed by atoms with Crippen LogP contribution in [0.15, 0.2) is 0 Å². The van der Waals surface area contributed by atoms with Crippen molar-refractivity contribution in [1.29, 1.82) is 0 Å². The van der Waals surface area contributed by atoms with Crippen molar-refractivity contribution in [2.75, 3.05) is 12.3 Å². The van der Waals surface area contributed by atoms with Gasteiger partial charge in [-0.15, -0.1) is 11.8 Å². The van der Waals surface area contributed by atoms with E-state index in [0.29, 0.717) is 12.3 Å². The van der Waals surface area contributed by atoms with Crippen molar-refractivity contribution in [3.05, 3.63) is 0 Å². The van der Waals surface area contributed by atoms with Gasteiger partial charge >= 0.3 is 12.0 Å². The molecule has 1 rings (SSSR count). The fraction of sp³-hybridized carbons (Fsp3) is 0.833. The van der Waals surface area contributed by atoms with Crippen LogP contribution in [0.2, 0.25) is 0 Å². The minimum Gasteiger partial charge on any atom is -0.480 e. The summed E-state index contributed by atoms with van der Waals surface area (Å²) in [6.07, 6.45) is 0.868. The van der Waals surface area contributed by atoms with E-state index in [1.807, 2.05) is 27.7 Å². The largest absolute Gasteiger partial charge is 0.480 e. The molecule has 0 aromatic heterocycles. The number of carbonyl (C=O) groups is 2. The number of thioether (sulfide) groups is 1. The average Bonchev–Trinajstić information content (AvgIpc) is 2.71. The first-order valence-corrected chi connectivity index (χ1v) is 7.42. The molecule has 0 aromatic rings. The summed E-state index contributed by atoms with van der Waals surface area (Å²) >= 11 is 1.51. The van der Waals surface area contributed by atoms with E-state index in [4.69, 9.17) is 0 Å². The molecule has 5 nitrogen and oxygen atoms in total. The first kappa shape index (κ1) is 15.1. The number of carboxylic acids is 1. The minimum absolute atomic E-state index is 0.0725. The van der Waals surface area contributed by atoms with Crippen LogP contribution in [0.3, 0.4) is 0 Å². The van der Waals surface area contributed by atoms with E-state index in [9.17, 15) is 14.7 Å². The average molecular weight is 274 g/mol. The third kappa shape index (κ3) is 2.91. The number of hydrogen-bond acceptors (Lipinski definition) is 3. The lowest BCUT2D eigenvalue weighted by atomic mass is 10.2. The highest BCUT2D eigenvalue weighted by molar-refractivity contribution is 8.00. The predicted octanol–water partition coefficient (Wildman–Crippen LogP) is 2.07. The Morgan fingerprint density at radius 2 is 2.11 bits per heavy atom. The summed E-state index contributed by atoms with van der Waals surface area (Å²) in [6, 6.07) is -0.720. The molecular weight excluding hydrogens is 252 g/mol. The zero-order valence-corrected chi connectivity index (χ0v) is 12.2. The Morgan fingerprint density at radius 1 is 1.50 bits per heavy atom. The van der Waals surface area contributed by atoms with Crippen molar-refractivity contribution in [3.63, 3.8) is 0 Å². The van der Waals surface area contributed by atoms with E-state index in [1.165, 1.54) is 16.7 Å². The summed E-state index contributed by atoms with van der Waals surface area (Å²) in [4.78, 5) is 26.9. The normalized spacial score (nSPS) is 25.0. The number of aliphatic carboxylic acids is 1. The Kier molecular flexibility index (Phi) is 5.31. The molecule has 1 saturated heterocycles. The van der Waals surface area contributed by atoms with Gasteiger partial charge in [0, 0.05) is 18.3 Å². The second-order valence-electron chi connectivity index (χ2n) is 4.52. The van der Waals surface area contributed by atoms with Crippen LogP contribution in [0, 0.1) is 0 Å². The van der Waals surface area contributed by atoms with Gasteiger partial charge in [0.05, 0.1) is 5.37 Å². The highest BCUT2D eigenvalue weighted by Gasteiger charge is 2.41. The fourth-order valence-corrected chi connectivity index (χ4v) is 3.29. The molecule has 2 amide bonds. The van der Waals surface area contributed by atoms with Crippen LogP contribution in [-0.2, 0) is 4.79 Å². The molecule has 0 saturated carbocycles. The van der Waals surface area contributed by atoms with Crippen molar-refractivity contribution >= 4 is 23.8 Å². The van der Waals surface area contributed by atoms with Crippen LogP contribution in [0.1, 0.15) is 34.1 Å². The maximum absolute atomic E-state index is 12.5. The smallest absolute Gasteiger partial charge is 0.327 e. The number of urea groups is 1. The number of carbonyl (C=O) groups excluding carboxylic acids is 1. The summed E-state index contributed by atoms with van der Waals surface area (Å²) in [5.74, 6) is -0.444. The molecule has 0 spiro atoms. The molecule has 1 fully saturated rings. The molecule has 3 atom stereocenters. The minimum atomic E-state index is -0.916. The molecule has 0 bridgehead atoms. The van der Waals surface area contributed by atoms with Crippen LogP contribution in [0.25, 0.3) is 0 Å². The van der Waals surface area contributed by atoms with E-state index in [2.05, 4.69) is 0 Å². The van der Waals surface area contributed by atoms with Crippen LogP contribution < -0.4 is 0 Å². The summed E-state index contributed by atoms with van der Waals surface area (Å²) < 4.78 is 0. The zero-order valence-electron chi connectivity index (χ0n) is 11.4. The summed E-state index contributed by atoms with van der Waals surface area (Å²) in [6.45, 7) is 8.43. The van der Waals surface area contributed by atoms with E-state index < -0.39 is 12.0 Å². The summed E-state index contributed by atoms with van der Waals surface area (Å²) in [7, 11) is 0. The maximum atomic E-state index is 12.5. The second kappa shape index (κ2) is 6.31. The molecule has 1 N–H and O–H groups in total. The van der Waals surface area contributed by atoms with Gasteiger partial charge in [-0.2, -0.15) is 0 Å². The third-order valence-corrected chi connectivity index (χ3v) is 4.66. The summed E-state index contributed by atoms with van der Waals surface area (Å²) in [5, 5.41) is 9.10. The monoisotopic (exact) mass is 274 g/mol. The number of rotatable bonds is 4. The number of amides is 2. The molecule has 104 valence electrons. The Bertz CT molecular complexity index is 324. The Labute approximate surface area is 113 Å². The molecule has 3 unspecified atom stereocenters. The Morgan fingerprint density at radius 3 is 2.56 bits per heavy atom. The maximum Gasteiger partial charge on any atom is 0.327 e. The molecule has 18 heavy (non-hydrogen) atoms. The predicted molar refractivity (Wildman–Crippen MR) is 72.7 cm³/mol. The van der Waals surface area contributed by atoms with Gasteiger partial charge in [-0.3, -0.25) is 4.90 Å². The highest BCUT2D eigenvalue weighted by atomic mass is 32.2. The van der Waals surface area contributed by atoms with E-state index in [1.54, 1.807) is 4.90 Å². The van der Waals surface area contributed by atoms with E-state index >= 15 is 0 Å². The van der Waals surface area contributed by atoms with E-state index in [0.717, 1.165) is 6.42 Å². The summed E-state index contributed by atoms with van der Waals surface area (Å²) in [5.41, 5.74) is 0. The van der Waals surface area contributed by atoms with Gasteiger partial charge in [-0.25, -0.2) is 9.59 Å². The van der Waals surface area contributed by atoms with Crippen molar-refractivity contribution in [3.8, 4) is 0 Å². The molecule has 1 aliphatic rings. The number of carboxylic acid groups (broad SMARTS) is 1. The van der Waals surface area contributed by atoms with Crippen molar-refractivity contribution in [1.82, 2.24) is 9.80 Å². The topological polar surface area (TPSA) is 60.9 Å².